The number of halogens is 1. The van der Waals surface area contributed by atoms with Gasteiger partial charge in [-0.25, -0.2) is 0 Å². The molecule has 7 heteroatoms. The molecule has 1 rings (SSSR count). The molecule has 0 aliphatic heterocycles. The minimum absolute atomic E-state index is 0. The van der Waals surface area contributed by atoms with Gasteiger partial charge in [-0.3, -0.25) is 4.79 Å². The third-order valence-corrected chi connectivity index (χ3v) is 2.59. The molecule has 114 valence electrons. The summed E-state index contributed by atoms with van der Waals surface area (Å²) in [6.07, 6.45) is 0.00529. The highest BCUT2D eigenvalue weighted by atomic mass is 35.5. The Labute approximate surface area is 124 Å². The van der Waals surface area contributed by atoms with Gasteiger partial charge in [0.05, 0.1) is 32.8 Å². The van der Waals surface area contributed by atoms with Crippen LogP contribution in [0.2, 0.25) is 0 Å². The summed E-state index contributed by atoms with van der Waals surface area (Å²) in [5.74, 6) is 0.343. The fraction of sp³-hybridized carbons (Fsp3) is 0.462. The second kappa shape index (κ2) is 8.50. The number of nitrogens with two attached hydrogens (primary N) is 1. The van der Waals surface area contributed by atoms with Gasteiger partial charge in [-0.2, -0.15) is 0 Å². The van der Waals surface area contributed by atoms with Gasteiger partial charge in [-0.15, -0.1) is 12.4 Å². The molecule has 6 nitrogen and oxygen atoms in total. The van der Waals surface area contributed by atoms with Gasteiger partial charge in [0.25, 0.3) is 0 Å². The van der Waals surface area contributed by atoms with E-state index in [1.165, 1.54) is 26.4 Å². The lowest BCUT2D eigenvalue weighted by Crippen LogP contribution is -2.18. The third-order valence-electron chi connectivity index (χ3n) is 2.59. The zero-order chi connectivity index (χ0) is 14.4. The molecule has 0 aromatic heterocycles. The van der Waals surface area contributed by atoms with Crippen molar-refractivity contribution in [3.8, 4) is 17.2 Å². The van der Waals surface area contributed by atoms with Gasteiger partial charge in [0, 0.05) is 18.2 Å². The summed E-state index contributed by atoms with van der Waals surface area (Å²) >= 11 is 0. The van der Waals surface area contributed by atoms with Crippen LogP contribution in [0.3, 0.4) is 0 Å². The number of phenols is 1. The quantitative estimate of drug-likeness (QED) is 0.779. The first kappa shape index (κ1) is 18.3. The monoisotopic (exact) mass is 305 g/mol. The molecule has 20 heavy (non-hydrogen) atoms. The summed E-state index contributed by atoms with van der Waals surface area (Å²) in [5.41, 5.74) is 6.51. The third kappa shape index (κ3) is 4.47. The lowest BCUT2D eigenvalue weighted by Gasteiger charge is -2.18. The van der Waals surface area contributed by atoms with Crippen LogP contribution >= 0.6 is 12.4 Å². The molecule has 0 fully saturated rings. The van der Waals surface area contributed by atoms with Crippen LogP contribution in [-0.2, 0) is 9.53 Å². The average molecular weight is 306 g/mol. The van der Waals surface area contributed by atoms with E-state index >= 15 is 0 Å². The standard InChI is InChI=1S/C13H19NO5.ClH/c1-4-19-12(16)7-9(14)13-10(17-2)5-8(15)6-11(13)18-3;/h5-6,9,15H,4,7,14H2,1-3H3;1H/t9-;/m0./s1. The number of hydrogen-bond acceptors (Lipinski definition) is 6. The Bertz CT molecular complexity index is 427. The highest BCUT2D eigenvalue weighted by molar-refractivity contribution is 5.85. The minimum atomic E-state index is -0.635. The Kier molecular flexibility index (Phi) is 7.79. The van der Waals surface area contributed by atoms with Crippen LogP contribution in [0, 0.1) is 0 Å². The summed E-state index contributed by atoms with van der Waals surface area (Å²) in [7, 11) is 2.91. The molecular formula is C13H20ClNO5. The minimum Gasteiger partial charge on any atom is -0.508 e. The Balaban J connectivity index is 0.00000361. The van der Waals surface area contributed by atoms with E-state index in [0.717, 1.165) is 0 Å². The van der Waals surface area contributed by atoms with E-state index in [4.69, 9.17) is 19.9 Å². The van der Waals surface area contributed by atoms with Gasteiger partial charge < -0.3 is 25.1 Å². The second-order valence-corrected chi connectivity index (χ2v) is 3.88. The first-order valence-electron chi connectivity index (χ1n) is 5.89. The molecule has 0 saturated carbocycles. The molecular weight excluding hydrogens is 286 g/mol. The number of carbonyl (C=O) groups is 1. The fourth-order valence-corrected chi connectivity index (χ4v) is 1.79. The van der Waals surface area contributed by atoms with Crippen molar-refractivity contribution < 1.29 is 24.1 Å². The van der Waals surface area contributed by atoms with Gasteiger partial charge in [0.15, 0.2) is 0 Å². The van der Waals surface area contributed by atoms with Crippen LogP contribution in [-0.4, -0.2) is 31.9 Å². The van der Waals surface area contributed by atoms with Crippen molar-refractivity contribution in [1.29, 1.82) is 0 Å². The summed E-state index contributed by atoms with van der Waals surface area (Å²) in [6.45, 7) is 2.03. The van der Waals surface area contributed by atoms with Crippen LogP contribution in [0.5, 0.6) is 17.2 Å². The van der Waals surface area contributed by atoms with E-state index in [9.17, 15) is 9.90 Å². The van der Waals surface area contributed by atoms with Crippen molar-refractivity contribution in [2.75, 3.05) is 20.8 Å². The van der Waals surface area contributed by atoms with Gasteiger partial charge in [0.2, 0.25) is 0 Å². The lowest BCUT2D eigenvalue weighted by atomic mass is 10.0. The predicted molar refractivity (Wildman–Crippen MR) is 76.6 cm³/mol. The van der Waals surface area contributed by atoms with E-state index in [1.54, 1.807) is 6.92 Å². The molecule has 1 aromatic rings. The number of benzene rings is 1. The Morgan fingerprint density at radius 1 is 1.30 bits per heavy atom. The number of ether oxygens (including phenoxy) is 3. The summed E-state index contributed by atoms with van der Waals surface area (Å²) in [6, 6.07) is 2.20. The summed E-state index contributed by atoms with van der Waals surface area (Å²) < 4.78 is 15.2. The second-order valence-electron chi connectivity index (χ2n) is 3.88. The number of carbonyl (C=O) groups excluding carboxylic acids is 1. The van der Waals surface area contributed by atoms with Crippen LogP contribution in [0.25, 0.3) is 0 Å². The van der Waals surface area contributed by atoms with Crippen molar-refractivity contribution in [1.82, 2.24) is 0 Å². The molecule has 1 aromatic carbocycles. The van der Waals surface area contributed by atoms with E-state index < -0.39 is 12.0 Å². The summed E-state index contributed by atoms with van der Waals surface area (Å²) in [4.78, 5) is 11.5. The van der Waals surface area contributed by atoms with Crippen molar-refractivity contribution in [2.45, 2.75) is 19.4 Å². The number of phenolic OH excluding ortho intramolecular Hbond substituents is 1. The van der Waals surface area contributed by atoms with E-state index in [0.29, 0.717) is 23.7 Å². The predicted octanol–water partition coefficient (Wildman–Crippen LogP) is 1.78. The molecule has 0 saturated heterocycles. The first-order valence-corrected chi connectivity index (χ1v) is 5.89. The average Bonchev–Trinajstić information content (AvgIpc) is 2.37. The molecule has 0 unspecified atom stereocenters. The molecule has 0 heterocycles. The largest absolute Gasteiger partial charge is 0.508 e. The highest BCUT2D eigenvalue weighted by Crippen LogP contribution is 2.38. The number of esters is 1. The van der Waals surface area contributed by atoms with Crippen molar-refractivity contribution in [2.24, 2.45) is 5.73 Å². The van der Waals surface area contributed by atoms with Gasteiger partial charge in [0.1, 0.15) is 17.2 Å². The smallest absolute Gasteiger partial charge is 0.307 e. The molecule has 0 amide bonds. The van der Waals surface area contributed by atoms with Crippen molar-refractivity contribution in [3.63, 3.8) is 0 Å². The van der Waals surface area contributed by atoms with Gasteiger partial charge in [-0.05, 0) is 6.92 Å². The van der Waals surface area contributed by atoms with Crippen molar-refractivity contribution >= 4 is 18.4 Å². The molecule has 0 aliphatic carbocycles. The zero-order valence-corrected chi connectivity index (χ0v) is 12.5. The number of methoxy groups -OCH3 is 2. The normalized spacial score (nSPS) is 11.2. The maximum Gasteiger partial charge on any atom is 0.307 e. The highest BCUT2D eigenvalue weighted by Gasteiger charge is 2.22. The fourth-order valence-electron chi connectivity index (χ4n) is 1.79. The Hall–Kier alpha value is -1.66. The van der Waals surface area contributed by atoms with Gasteiger partial charge in [-0.1, -0.05) is 0 Å². The van der Waals surface area contributed by atoms with Crippen LogP contribution in [0.15, 0.2) is 12.1 Å². The summed E-state index contributed by atoms with van der Waals surface area (Å²) in [5, 5.41) is 9.54. The Morgan fingerprint density at radius 3 is 2.20 bits per heavy atom. The van der Waals surface area contributed by atoms with Crippen LogP contribution < -0.4 is 15.2 Å². The molecule has 0 radical (unpaired) electrons. The van der Waals surface area contributed by atoms with Crippen molar-refractivity contribution in [3.05, 3.63) is 17.7 Å². The first-order chi connectivity index (χ1) is 9.03. The molecule has 3 N–H and O–H groups in total. The topological polar surface area (TPSA) is 91.0 Å². The van der Waals surface area contributed by atoms with E-state index in [1.807, 2.05) is 0 Å². The molecule has 1 atom stereocenters. The van der Waals surface area contributed by atoms with E-state index in [-0.39, 0.29) is 24.6 Å². The zero-order valence-electron chi connectivity index (χ0n) is 11.7. The maximum atomic E-state index is 11.5. The number of aromatic hydroxyl groups is 1. The molecule has 0 bridgehead atoms. The van der Waals surface area contributed by atoms with E-state index in [2.05, 4.69) is 0 Å². The lowest BCUT2D eigenvalue weighted by molar-refractivity contribution is -0.143. The van der Waals surface area contributed by atoms with Crippen LogP contribution in [0.4, 0.5) is 0 Å². The number of hydrogen-bond donors (Lipinski definition) is 2. The van der Waals surface area contributed by atoms with Crippen LogP contribution in [0.1, 0.15) is 24.9 Å². The number of rotatable bonds is 6. The molecule has 0 spiro atoms. The van der Waals surface area contributed by atoms with Gasteiger partial charge >= 0.3 is 5.97 Å². The molecule has 0 aliphatic rings. The SMILES string of the molecule is CCOC(=O)C[C@H](N)c1c(OC)cc(O)cc1OC.Cl. The Morgan fingerprint density at radius 2 is 1.80 bits per heavy atom. The maximum absolute atomic E-state index is 11.5.